The van der Waals surface area contributed by atoms with Crippen LogP contribution in [-0.2, 0) is 0 Å². The first-order chi connectivity index (χ1) is 12.8. The Hall–Kier alpha value is -3.32. The van der Waals surface area contributed by atoms with Crippen molar-refractivity contribution in [1.29, 1.82) is 0 Å². The molecule has 1 aromatic carbocycles. The molecule has 1 N–H and O–H groups in total. The molecule has 0 aliphatic rings. The number of benzene rings is 1. The highest BCUT2D eigenvalue weighted by atomic mass is 32.1. The lowest BCUT2D eigenvalue weighted by atomic mass is 10.2. The number of rotatable bonds is 5. The molecule has 0 radical (unpaired) electrons. The van der Waals surface area contributed by atoms with Crippen molar-refractivity contribution >= 4 is 22.7 Å². The van der Waals surface area contributed by atoms with Gasteiger partial charge in [0.15, 0.2) is 0 Å². The number of nitrogens with one attached hydrogen (secondary N) is 1. The standard InChI is InChI=1S/C19H16N6S/c1-14-17(12-22-25(14)16-7-3-2-4-8-16)18-13-26-19(23-18)24-21-11-15-6-5-9-20-10-15/h2-13H,1H3,(H,23,24)/b21-11+. The summed E-state index contributed by atoms with van der Waals surface area (Å²) in [5, 5.41) is 11.4. The van der Waals surface area contributed by atoms with Crippen molar-refractivity contribution in [2.75, 3.05) is 5.43 Å². The minimum Gasteiger partial charge on any atom is -0.264 e. The molecule has 4 rings (SSSR count). The quantitative estimate of drug-likeness (QED) is 0.429. The van der Waals surface area contributed by atoms with Crippen molar-refractivity contribution in [2.45, 2.75) is 6.92 Å². The van der Waals surface area contributed by atoms with Gasteiger partial charge in [-0.15, -0.1) is 11.3 Å². The summed E-state index contributed by atoms with van der Waals surface area (Å²) < 4.78 is 1.92. The van der Waals surface area contributed by atoms with Gasteiger partial charge in [0, 0.05) is 28.9 Å². The topological polar surface area (TPSA) is 68.0 Å². The first-order valence-corrected chi connectivity index (χ1v) is 8.94. The molecule has 0 fully saturated rings. The lowest BCUT2D eigenvalue weighted by Crippen LogP contribution is -1.98. The van der Waals surface area contributed by atoms with Crippen LogP contribution >= 0.6 is 11.3 Å². The molecule has 6 nitrogen and oxygen atoms in total. The number of aromatic nitrogens is 4. The number of nitrogens with zero attached hydrogens (tertiary/aromatic N) is 5. The van der Waals surface area contributed by atoms with Gasteiger partial charge in [0.2, 0.25) is 5.13 Å². The lowest BCUT2D eigenvalue weighted by molar-refractivity contribution is 0.847. The maximum Gasteiger partial charge on any atom is 0.203 e. The van der Waals surface area contributed by atoms with Crippen LogP contribution in [-0.4, -0.2) is 26.0 Å². The molecule has 0 bridgehead atoms. The molecule has 0 aliphatic heterocycles. The van der Waals surface area contributed by atoms with E-state index in [1.54, 1.807) is 18.6 Å². The molecule has 26 heavy (non-hydrogen) atoms. The van der Waals surface area contributed by atoms with Crippen LogP contribution in [0, 0.1) is 6.92 Å². The van der Waals surface area contributed by atoms with Gasteiger partial charge in [0.25, 0.3) is 0 Å². The summed E-state index contributed by atoms with van der Waals surface area (Å²) >= 11 is 1.50. The summed E-state index contributed by atoms with van der Waals surface area (Å²) in [6.07, 6.45) is 7.04. The molecule has 0 saturated heterocycles. The summed E-state index contributed by atoms with van der Waals surface area (Å²) in [5.74, 6) is 0. The molecule has 128 valence electrons. The Balaban J connectivity index is 1.52. The van der Waals surface area contributed by atoms with Gasteiger partial charge >= 0.3 is 0 Å². The van der Waals surface area contributed by atoms with E-state index >= 15 is 0 Å². The van der Waals surface area contributed by atoms with Gasteiger partial charge in [-0.2, -0.15) is 10.2 Å². The summed E-state index contributed by atoms with van der Waals surface area (Å²) in [5.41, 5.74) is 7.86. The van der Waals surface area contributed by atoms with Crippen LogP contribution in [0.15, 0.2) is 71.5 Å². The average molecular weight is 360 g/mol. The number of para-hydroxylation sites is 1. The smallest absolute Gasteiger partial charge is 0.203 e. The van der Waals surface area contributed by atoms with Crippen molar-refractivity contribution < 1.29 is 0 Å². The molecule has 0 amide bonds. The molecule has 3 heterocycles. The van der Waals surface area contributed by atoms with Crippen LogP contribution in [0.25, 0.3) is 16.9 Å². The van der Waals surface area contributed by atoms with E-state index in [1.807, 2.05) is 65.6 Å². The Bertz CT molecular complexity index is 1020. The normalized spacial score (nSPS) is 11.1. The van der Waals surface area contributed by atoms with Crippen LogP contribution in [0.1, 0.15) is 11.3 Å². The largest absolute Gasteiger partial charge is 0.264 e. The molecule has 0 spiro atoms. The fourth-order valence-corrected chi connectivity index (χ4v) is 3.21. The molecule has 3 aromatic heterocycles. The molecule has 0 unspecified atom stereocenters. The van der Waals surface area contributed by atoms with E-state index in [0.717, 1.165) is 33.3 Å². The lowest BCUT2D eigenvalue weighted by Gasteiger charge is -2.04. The minimum atomic E-state index is 0.729. The van der Waals surface area contributed by atoms with Gasteiger partial charge in [0.05, 0.1) is 29.5 Å². The fourth-order valence-electron chi connectivity index (χ4n) is 2.55. The average Bonchev–Trinajstić information content (AvgIpc) is 3.30. The number of hydrogen-bond acceptors (Lipinski definition) is 6. The van der Waals surface area contributed by atoms with Crippen LogP contribution in [0.2, 0.25) is 0 Å². The van der Waals surface area contributed by atoms with Gasteiger partial charge in [-0.3, -0.25) is 10.4 Å². The zero-order valence-electron chi connectivity index (χ0n) is 14.1. The Labute approximate surface area is 154 Å². The Kier molecular flexibility index (Phi) is 4.53. The highest BCUT2D eigenvalue weighted by Gasteiger charge is 2.12. The van der Waals surface area contributed by atoms with E-state index in [1.165, 1.54) is 11.3 Å². The second kappa shape index (κ2) is 7.28. The zero-order chi connectivity index (χ0) is 17.8. The number of pyridine rings is 1. The van der Waals surface area contributed by atoms with Crippen molar-refractivity contribution in [3.63, 3.8) is 0 Å². The molecule has 7 heteroatoms. The third-order valence-electron chi connectivity index (χ3n) is 3.85. The van der Waals surface area contributed by atoms with E-state index in [4.69, 9.17) is 0 Å². The first-order valence-electron chi connectivity index (χ1n) is 8.06. The van der Waals surface area contributed by atoms with Crippen LogP contribution in [0.5, 0.6) is 0 Å². The Morgan fingerprint density at radius 1 is 1.12 bits per heavy atom. The molecular formula is C19H16N6S. The SMILES string of the molecule is Cc1c(-c2csc(N/N=C/c3cccnc3)n2)cnn1-c1ccccc1. The highest BCUT2D eigenvalue weighted by Crippen LogP contribution is 2.28. The molecule has 0 saturated carbocycles. The maximum absolute atomic E-state index is 4.60. The monoisotopic (exact) mass is 360 g/mol. The molecule has 0 atom stereocenters. The van der Waals surface area contributed by atoms with E-state index in [0.29, 0.717) is 0 Å². The van der Waals surface area contributed by atoms with Gasteiger partial charge in [-0.1, -0.05) is 24.3 Å². The van der Waals surface area contributed by atoms with Gasteiger partial charge in [0.1, 0.15) is 0 Å². The Morgan fingerprint density at radius 3 is 2.81 bits per heavy atom. The predicted molar refractivity (Wildman–Crippen MR) is 105 cm³/mol. The predicted octanol–water partition coefficient (Wildman–Crippen LogP) is 4.15. The molecule has 0 aliphatic carbocycles. The van der Waals surface area contributed by atoms with E-state index in [9.17, 15) is 0 Å². The van der Waals surface area contributed by atoms with Crippen molar-refractivity contribution in [3.05, 3.63) is 77.7 Å². The number of anilines is 1. The first kappa shape index (κ1) is 16.2. The third-order valence-corrected chi connectivity index (χ3v) is 4.60. The number of hydrogen-bond donors (Lipinski definition) is 1. The van der Waals surface area contributed by atoms with Crippen LogP contribution in [0.3, 0.4) is 0 Å². The second-order valence-electron chi connectivity index (χ2n) is 5.59. The highest BCUT2D eigenvalue weighted by molar-refractivity contribution is 7.14. The number of hydrazone groups is 1. The number of thiazole rings is 1. The minimum absolute atomic E-state index is 0.729. The van der Waals surface area contributed by atoms with Crippen molar-refractivity contribution in [1.82, 2.24) is 19.7 Å². The zero-order valence-corrected chi connectivity index (χ0v) is 14.9. The second-order valence-corrected chi connectivity index (χ2v) is 6.44. The van der Waals surface area contributed by atoms with Crippen molar-refractivity contribution in [2.24, 2.45) is 5.10 Å². The van der Waals surface area contributed by atoms with Gasteiger partial charge in [-0.05, 0) is 25.1 Å². The third kappa shape index (κ3) is 3.38. The summed E-state index contributed by atoms with van der Waals surface area (Å²) in [6.45, 7) is 2.04. The molecule has 4 aromatic rings. The van der Waals surface area contributed by atoms with Gasteiger partial charge < -0.3 is 0 Å². The van der Waals surface area contributed by atoms with E-state index in [2.05, 4.69) is 25.6 Å². The Morgan fingerprint density at radius 2 is 2.00 bits per heavy atom. The van der Waals surface area contributed by atoms with Crippen molar-refractivity contribution in [3.8, 4) is 16.9 Å². The maximum atomic E-state index is 4.60. The summed E-state index contributed by atoms with van der Waals surface area (Å²) in [6, 6.07) is 13.9. The summed E-state index contributed by atoms with van der Waals surface area (Å²) in [4.78, 5) is 8.65. The van der Waals surface area contributed by atoms with E-state index < -0.39 is 0 Å². The summed E-state index contributed by atoms with van der Waals surface area (Å²) in [7, 11) is 0. The molecular weight excluding hydrogens is 344 g/mol. The van der Waals surface area contributed by atoms with Gasteiger partial charge in [-0.25, -0.2) is 9.67 Å². The van der Waals surface area contributed by atoms with Crippen LogP contribution in [0.4, 0.5) is 5.13 Å². The van der Waals surface area contributed by atoms with E-state index in [-0.39, 0.29) is 0 Å². The van der Waals surface area contributed by atoms with Crippen LogP contribution < -0.4 is 5.43 Å². The fraction of sp³-hybridized carbons (Fsp3) is 0.0526.